The van der Waals surface area contributed by atoms with Gasteiger partial charge in [-0.05, 0) is 70.7 Å². The first kappa shape index (κ1) is 28.4. The maximum absolute atomic E-state index is 13.4. The first-order chi connectivity index (χ1) is 18.7. The fourth-order valence-electron chi connectivity index (χ4n) is 3.88. The van der Waals surface area contributed by atoms with Crippen LogP contribution in [0.3, 0.4) is 0 Å². The Morgan fingerprint density at radius 2 is 1.92 bits per heavy atom. The minimum atomic E-state index is -0.443. The van der Waals surface area contributed by atoms with Gasteiger partial charge in [0.15, 0.2) is 11.5 Å². The van der Waals surface area contributed by atoms with Crippen molar-refractivity contribution in [3.8, 4) is 11.5 Å². The molecule has 3 aromatic carbocycles. The fourth-order valence-corrected chi connectivity index (χ4v) is 4.82. The van der Waals surface area contributed by atoms with Gasteiger partial charge in [0.05, 0.1) is 33.1 Å². The van der Waals surface area contributed by atoms with Crippen LogP contribution >= 0.6 is 31.9 Å². The predicted octanol–water partition coefficient (Wildman–Crippen LogP) is 7.20. The molecule has 0 saturated carbocycles. The maximum Gasteiger partial charge on any atom is 0.282 e. The van der Waals surface area contributed by atoms with Crippen molar-refractivity contribution in [2.45, 2.75) is 39.7 Å². The third-order valence-electron chi connectivity index (χ3n) is 6.05. The van der Waals surface area contributed by atoms with E-state index in [1.807, 2.05) is 32.9 Å². The molecule has 9 nitrogen and oxygen atoms in total. The number of ether oxygens (including phenoxy) is 2. The lowest BCUT2D eigenvalue weighted by molar-refractivity contribution is -0.384. The number of rotatable bonds is 10. The van der Waals surface area contributed by atoms with Crippen LogP contribution in [0.5, 0.6) is 11.5 Å². The lowest BCUT2D eigenvalue weighted by Crippen LogP contribution is -2.23. The quantitative estimate of drug-likeness (QED) is 0.101. The first-order valence-corrected chi connectivity index (χ1v) is 13.9. The summed E-state index contributed by atoms with van der Waals surface area (Å²) in [6, 6.07) is 15.3. The number of benzene rings is 3. The van der Waals surface area contributed by atoms with Crippen LogP contribution in [0.25, 0.3) is 10.9 Å². The summed E-state index contributed by atoms with van der Waals surface area (Å²) in [5.41, 5.74) is 1.68. The molecule has 0 radical (unpaired) electrons. The van der Waals surface area contributed by atoms with Gasteiger partial charge in [-0.3, -0.25) is 14.9 Å². The Morgan fingerprint density at radius 1 is 1.13 bits per heavy atom. The second-order valence-electron chi connectivity index (χ2n) is 8.78. The molecule has 0 bridgehead atoms. The largest absolute Gasteiger partial charge is 0.490 e. The number of aromatic nitrogens is 2. The number of nitro benzene ring substituents is 1. The number of non-ortho nitro benzene ring substituents is 1. The number of nitro groups is 1. The molecule has 39 heavy (non-hydrogen) atoms. The van der Waals surface area contributed by atoms with Gasteiger partial charge in [0.2, 0.25) is 0 Å². The third kappa shape index (κ3) is 6.54. The molecule has 4 aromatic rings. The Morgan fingerprint density at radius 3 is 2.64 bits per heavy atom. The maximum atomic E-state index is 13.4. The summed E-state index contributed by atoms with van der Waals surface area (Å²) in [6.45, 7) is 6.40. The van der Waals surface area contributed by atoms with Crippen molar-refractivity contribution in [2.75, 3.05) is 6.61 Å². The Kier molecular flexibility index (Phi) is 9.13. The molecule has 1 atom stereocenters. The molecule has 0 spiro atoms. The second kappa shape index (κ2) is 12.5. The van der Waals surface area contributed by atoms with E-state index in [1.165, 1.54) is 16.8 Å². The van der Waals surface area contributed by atoms with Gasteiger partial charge in [-0.15, -0.1) is 0 Å². The van der Waals surface area contributed by atoms with E-state index in [9.17, 15) is 14.9 Å². The highest BCUT2D eigenvalue weighted by atomic mass is 79.9. The number of hydrogen-bond donors (Lipinski definition) is 0. The molecular formula is C28H26Br2N4O5. The molecule has 4 rings (SSSR count). The molecule has 0 amide bonds. The van der Waals surface area contributed by atoms with E-state index in [0.29, 0.717) is 50.4 Å². The molecule has 0 fully saturated rings. The molecule has 0 aliphatic heterocycles. The van der Waals surface area contributed by atoms with E-state index in [4.69, 9.17) is 14.5 Å². The summed E-state index contributed by atoms with van der Waals surface area (Å²) in [6.07, 6.45) is 2.37. The van der Waals surface area contributed by atoms with Gasteiger partial charge in [0.25, 0.3) is 11.2 Å². The van der Waals surface area contributed by atoms with Crippen LogP contribution in [-0.2, 0) is 6.61 Å². The second-order valence-corrected chi connectivity index (χ2v) is 10.6. The summed E-state index contributed by atoms with van der Waals surface area (Å²) < 4.78 is 14.6. The third-order valence-corrected chi connectivity index (χ3v) is 7.13. The van der Waals surface area contributed by atoms with Crippen LogP contribution in [0.15, 0.2) is 73.4 Å². The molecular weight excluding hydrogens is 632 g/mol. The number of fused-ring (bicyclic) bond motifs is 1. The van der Waals surface area contributed by atoms with Gasteiger partial charge in [0, 0.05) is 22.5 Å². The molecule has 0 saturated heterocycles. The van der Waals surface area contributed by atoms with Gasteiger partial charge in [-0.1, -0.05) is 41.9 Å². The lowest BCUT2D eigenvalue weighted by atomic mass is 10.1. The SMILES string of the molecule is CCOc1cc(C=Nn2c([C@H](C)CC)nc3ccc(Br)cc3c2=O)cc(Br)c1OCc1cccc([N+](=O)[O-])c1. The van der Waals surface area contributed by atoms with Crippen LogP contribution in [0.4, 0.5) is 5.69 Å². The first-order valence-electron chi connectivity index (χ1n) is 12.3. The molecule has 0 N–H and O–H groups in total. The van der Waals surface area contributed by atoms with Crippen molar-refractivity contribution >= 4 is 54.7 Å². The molecule has 0 aliphatic rings. The highest BCUT2D eigenvalue weighted by Gasteiger charge is 2.17. The van der Waals surface area contributed by atoms with Gasteiger partial charge < -0.3 is 9.47 Å². The van der Waals surface area contributed by atoms with Crippen molar-refractivity contribution < 1.29 is 14.4 Å². The van der Waals surface area contributed by atoms with Gasteiger partial charge in [0.1, 0.15) is 12.4 Å². The molecule has 1 aromatic heterocycles. The zero-order chi connectivity index (χ0) is 28.1. The topological polar surface area (TPSA) is 109 Å². The van der Waals surface area contributed by atoms with Crippen LogP contribution in [0.1, 0.15) is 50.1 Å². The Bertz CT molecular complexity index is 1620. The summed E-state index contributed by atoms with van der Waals surface area (Å²) in [4.78, 5) is 28.8. The monoisotopic (exact) mass is 656 g/mol. The van der Waals surface area contributed by atoms with E-state index >= 15 is 0 Å². The number of halogens is 2. The standard InChI is InChI=1S/C28H26Br2N4O5/c1-4-17(3)27-32-24-10-9-20(29)14-22(24)28(35)33(27)31-15-19-12-23(30)26(25(13-19)38-5-2)39-16-18-7-6-8-21(11-18)34(36)37/h6-15,17H,4-5,16H2,1-3H3/t17-/m1/s1. The van der Waals surface area contributed by atoms with Crippen LogP contribution in [-0.4, -0.2) is 27.4 Å². The van der Waals surface area contributed by atoms with Crippen LogP contribution in [0.2, 0.25) is 0 Å². The molecule has 202 valence electrons. The average molecular weight is 658 g/mol. The van der Waals surface area contributed by atoms with Crippen molar-refractivity contribution in [3.63, 3.8) is 0 Å². The molecule has 0 aliphatic carbocycles. The van der Waals surface area contributed by atoms with Crippen molar-refractivity contribution in [1.82, 2.24) is 9.66 Å². The summed E-state index contributed by atoms with van der Waals surface area (Å²) >= 11 is 6.98. The normalized spacial score (nSPS) is 12.1. The zero-order valence-electron chi connectivity index (χ0n) is 21.6. The molecule has 0 unspecified atom stereocenters. The van der Waals surface area contributed by atoms with Gasteiger partial charge in [-0.25, -0.2) is 4.98 Å². The van der Waals surface area contributed by atoms with E-state index in [2.05, 4.69) is 37.0 Å². The number of hydrogen-bond acceptors (Lipinski definition) is 7. The highest BCUT2D eigenvalue weighted by molar-refractivity contribution is 9.10. The van der Waals surface area contributed by atoms with Crippen LogP contribution in [0, 0.1) is 10.1 Å². The Balaban J connectivity index is 1.69. The Hall–Kier alpha value is -3.57. The molecule has 1 heterocycles. The van der Waals surface area contributed by atoms with Crippen molar-refractivity contribution in [2.24, 2.45) is 5.10 Å². The highest BCUT2D eigenvalue weighted by Crippen LogP contribution is 2.37. The smallest absolute Gasteiger partial charge is 0.282 e. The average Bonchev–Trinajstić information content (AvgIpc) is 2.92. The number of nitrogens with zero attached hydrogens (tertiary/aromatic N) is 4. The van der Waals surface area contributed by atoms with Crippen molar-refractivity contribution in [3.05, 3.63) is 101 Å². The predicted molar refractivity (Wildman–Crippen MR) is 158 cm³/mol. The Labute approximate surface area is 241 Å². The summed E-state index contributed by atoms with van der Waals surface area (Å²) in [5.74, 6) is 1.51. The minimum Gasteiger partial charge on any atom is -0.490 e. The fraction of sp³-hybridized carbons (Fsp3) is 0.250. The summed E-state index contributed by atoms with van der Waals surface area (Å²) in [7, 11) is 0. The van der Waals surface area contributed by atoms with Crippen LogP contribution < -0.4 is 15.0 Å². The zero-order valence-corrected chi connectivity index (χ0v) is 24.7. The molecule has 11 heteroatoms. The lowest BCUT2D eigenvalue weighted by Gasteiger charge is -2.15. The van der Waals surface area contributed by atoms with E-state index in [1.54, 1.807) is 36.5 Å². The van der Waals surface area contributed by atoms with E-state index in [0.717, 1.165) is 10.9 Å². The van der Waals surface area contributed by atoms with Gasteiger partial charge >= 0.3 is 0 Å². The summed E-state index contributed by atoms with van der Waals surface area (Å²) in [5, 5.41) is 16.1. The van der Waals surface area contributed by atoms with Gasteiger partial charge in [-0.2, -0.15) is 9.78 Å². The van der Waals surface area contributed by atoms with E-state index in [-0.39, 0.29) is 23.8 Å². The van der Waals surface area contributed by atoms with Crippen molar-refractivity contribution in [1.29, 1.82) is 0 Å². The minimum absolute atomic E-state index is 0.00528. The van der Waals surface area contributed by atoms with E-state index < -0.39 is 4.92 Å².